The van der Waals surface area contributed by atoms with E-state index < -0.39 is 24.9 Å². The highest BCUT2D eigenvalue weighted by Crippen LogP contribution is 2.25. The fourth-order valence-electron chi connectivity index (χ4n) is 3.63. The Morgan fingerprint density at radius 2 is 1.73 bits per heavy atom. The number of likely N-dealkylation sites (tertiary alicyclic amines) is 1. The van der Waals surface area contributed by atoms with E-state index in [0.29, 0.717) is 6.04 Å². The molecule has 1 heterocycles. The van der Waals surface area contributed by atoms with Crippen LogP contribution in [0.5, 0.6) is 0 Å². The van der Waals surface area contributed by atoms with Gasteiger partial charge in [0.25, 0.3) is 0 Å². The van der Waals surface area contributed by atoms with E-state index in [-0.39, 0.29) is 6.04 Å². The number of hydrogen-bond donors (Lipinski definition) is 1. The van der Waals surface area contributed by atoms with Crippen LogP contribution in [0.3, 0.4) is 0 Å². The van der Waals surface area contributed by atoms with Gasteiger partial charge >= 0.3 is 6.18 Å². The van der Waals surface area contributed by atoms with Crippen molar-refractivity contribution in [1.82, 2.24) is 10.2 Å². The van der Waals surface area contributed by atoms with Crippen molar-refractivity contribution in [2.24, 2.45) is 0 Å². The number of rotatable bonds is 4. The van der Waals surface area contributed by atoms with Crippen LogP contribution in [0.4, 0.5) is 13.2 Å². The van der Waals surface area contributed by atoms with Crippen LogP contribution < -0.4 is 5.32 Å². The monoisotopic (exact) mass is 320 g/mol. The molecule has 0 aromatic carbocycles. The maximum atomic E-state index is 12.1. The van der Waals surface area contributed by atoms with Gasteiger partial charge in [-0.2, -0.15) is 13.2 Å². The van der Waals surface area contributed by atoms with Crippen molar-refractivity contribution in [3.63, 3.8) is 0 Å². The van der Waals surface area contributed by atoms with Crippen molar-refractivity contribution in [3.05, 3.63) is 0 Å². The third kappa shape index (κ3) is 6.15. The zero-order valence-corrected chi connectivity index (χ0v) is 13.1. The molecule has 0 aromatic heterocycles. The van der Waals surface area contributed by atoms with Crippen LogP contribution in [0, 0.1) is 0 Å². The van der Waals surface area contributed by atoms with Gasteiger partial charge in [-0.3, -0.25) is 9.69 Å². The van der Waals surface area contributed by atoms with Gasteiger partial charge in [-0.15, -0.1) is 0 Å². The molecular weight excluding hydrogens is 293 g/mol. The number of alkyl halides is 3. The van der Waals surface area contributed by atoms with Crippen LogP contribution in [0.1, 0.15) is 64.2 Å². The van der Waals surface area contributed by atoms with Gasteiger partial charge in [-0.25, -0.2) is 0 Å². The molecule has 0 radical (unpaired) electrons. The molecule has 3 nitrogen and oxygen atoms in total. The summed E-state index contributed by atoms with van der Waals surface area (Å²) in [6, 6.07) is 0.607. The number of piperidine rings is 1. The van der Waals surface area contributed by atoms with E-state index in [9.17, 15) is 18.0 Å². The summed E-state index contributed by atoms with van der Waals surface area (Å²) in [6.07, 6.45) is 3.74. The standard InChI is InChI=1S/C16H27F3N2O/c17-16(18,19)10-9-15(22)20-13-6-5-11-21(12-13)14-7-3-1-2-4-8-14/h13-14H,1-12H2,(H,20,22). The van der Waals surface area contributed by atoms with E-state index in [4.69, 9.17) is 0 Å². The Balaban J connectivity index is 1.76. The normalized spacial score (nSPS) is 25.7. The third-order valence-corrected chi connectivity index (χ3v) is 4.79. The molecule has 1 saturated heterocycles. The highest BCUT2D eigenvalue weighted by Gasteiger charge is 2.30. The fourth-order valence-corrected chi connectivity index (χ4v) is 3.63. The summed E-state index contributed by atoms with van der Waals surface area (Å²) in [5, 5.41) is 2.80. The second-order valence-electron chi connectivity index (χ2n) is 6.66. The van der Waals surface area contributed by atoms with Crippen LogP contribution in [0.15, 0.2) is 0 Å². The van der Waals surface area contributed by atoms with Crippen LogP contribution in [-0.4, -0.2) is 42.2 Å². The fraction of sp³-hybridized carbons (Fsp3) is 0.938. The molecule has 128 valence electrons. The molecule has 1 atom stereocenters. The van der Waals surface area contributed by atoms with Gasteiger partial charge in [-0.05, 0) is 32.2 Å². The second kappa shape index (κ2) is 8.18. The number of hydrogen-bond acceptors (Lipinski definition) is 2. The van der Waals surface area contributed by atoms with Gasteiger partial charge in [0.15, 0.2) is 0 Å². The molecule has 0 aromatic rings. The van der Waals surface area contributed by atoms with Crippen molar-refractivity contribution in [1.29, 1.82) is 0 Å². The first-order valence-electron chi connectivity index (χ1n) is 8.54. The Morgan fingerprint density at radius 3 is 2.36 bits per heavy atom. The molecule has 6 heteroatoms. The Labute approximate surface area is 130 Å². The van der Waals surface area contributed by atoms with Crippen molar-refractivity contribution in [3.8, 4) is 0 Å². The molecule has 1 aliphatic heterocycles. The van der Waals surface area contributed by atoms with Crippen molar-refractivity contribution >= 4 is 5.91 Å². The minimum atomic E-state index is -4.25. The van der Waals surface area contributed by atoms with Gasteiger partial charge in [0, 0.05) is 25.0 Å². The SMILES string of the molecule is O=C(CCC(F)(F)F)NC1CCCN(C2CCCCCC2)C1. The number of carbonyl (C=O) groups excluding carboxylic acids is 1. The number of carbonyl (C=O) groups is 1. The third-order valence-electron chi connectivity index (χ3n) is 4.79. The summed E-state index contributed by atoms with van der Waals surface area (Å²) < 4.78 is 36.4. The Kier molecular flexibility index (Phi) is 6.53. The lowest BCUT2D eigenvalue weighted by atomic mass is 9.99. The molecular formula is C16H27F3N2O. The van der Waals surface area contributed by atoms with Crippen molar-refractivity contribution in [2.75, 3.05) is 13.1 Å². The molecule has 1 saturated carbocycles. The van der Waals surface area contributed by atoms with E-state index in [0.717, 1.165) is 25.9 Å². The quantitative estimate of drug-likeness (QED) is 0.802. The molecule has 1 amide bonds. The van der Waals surface area contributed by atoms with Crippen molar-refractivity contribution in [2.45, 2.75) is 82.5 Å². The Morgan fingerprint density at radius 1 is 1.05 bits per heavy atom. The number of nitrogens with zero attached hydrogens (tertiary/aromatic N) is 1. The van der Waals surface area contributed by atoms with Crippen LogP contribution in [0.25, 0.3) is 0 Å². The topological polar surface area (TPSA) is 32.3 Å². The molecule has 1 N–H and O–H groups in total. The highest BCUT2D eigenvalue weighted by molar-refractivity contribution is 5.76. The maximum Gasteiger partial charge on any atom is 0.389 e. The van der Waals surface area contributed by atoms with Gasteiger partial charge in [0.2, 0.25) is 5.91 Å². The number of halogens is 3. The van der Waals surface area contributed by atoms with Crippen LogP contribution in [0.2, 0.25) is 0 Å². The lowest BCUT2D eigenvalue weighted by Crippen LogP contribution is -2.51. The molecule has 2 rings (SSSR count). The summed E-state index contributed by atoms with van der Waals surface area (Å²) in [5.41, 5.74) is 0. The summed E-state index contributed by atoms with van der Waals surface area (Å²) in [6.45, 7) is 1.85. The van der Waals surface area contributed by atoms with Gasteiger partial charge in [0.05, 0.1) is 6.42 Å². The first-order chi connectivity index (χ1) is 10.4. The predicted octanol–water partition coefficient (Wildman–Crippen LogP) is 3.63. The van der Waals surface area contributed by atoms with Gasteiger partial charge in [0.1, 0.15) is 0 Å². The first-order valence-corrected chi connectivity index (χ1v) is 8.54. The van der Waals surface area contributed by atoms with Crippen molar-refractivity contribution < 1.29 is 18.0 Å². The summed E-state index contributed by atoms with van der Waals surface area (Å²) in [5.74, 6) is -0.468. The Hall–Kier alpha value is -0.780. The number of amides is 1. The van der Waals surface area contributed by atoms with Gasteiger partial charge < -0.3 is 5.32 Å². The average molecular weight is 320 g/mol. The summed E-state index contributed by atoms with van der Waals surface area (Å²) >= 11 is 0. The first kappa shape index (κ1) is 17.6. The molecule has 2 fully saturated rings. The smallest absolute Gasteiger partial charge is 0.352 e. The largest absolute Gasteiger partial charge is 0.389 e. The molecule has 1 aliphatic carbocycles. The van der Waals surface area contributed by atoms with E-state index in [2.05, 4.69) is 10.2 Å². The Bertz CT molecular complexity index is 352. The van der Waals surface area contributed by atoms with Gasteiger partial charge in [-0.1, -0.05) is 25.7 Å². The minimum Gasteiger partial charge on any atom is -0.352 e. The van der Waals surface area contributed by atoms with E-state index in [1.54, 1.807) is 0 Å². The molecule has 1 unspecified atom stereocenters. The predicted molar refractivity (Wildman–Crippen MR) is 79.5 cm³/mol. The molecule has 22 heavy (non-hydrogen) atoms. The van der Waals surface area contributed by atoms with E-state index >= 15 is 0 Å². The number of nitrogens with one attached hydrogen (secondary N) is 1. The maximum absolute atomic E-state index is 12.1. The average Bonchev–Trinajstić information content (AvgIpc) is 2.74. The zero-order chi connectivity index (χ0) is 16.0. The zero-order valence-electron chi connectivity index (χ0n) is 13.1. The molecule has 0 bridgehead atoms. The molecule has 2 aliphatic rings. The molecule has 0 spiro atoms. The lowest BCUT2D eigenvalue weighted by Gasteiger charge is -2.38. The summed E-state index contributed by atoms with van der Waals surface area (Å²) in [7, 11) is 0. The highest BCUT2D eigenvalue weighted by atomic mass is 19.4. The lowest BCUT2D eigenvalue weighted by molar-refractivity contribution is -0.144. The van der Waals surface area contributed by atoms with Crippen LogP contribution >= 0.6 is 0 Å². The summed E-state index contributed by atoms with van der Waals surface area (Å²) in [4.78, 5) is 14.1. The van der Waals surface area contributed by atoms with E-state index in [1.165, 1.54) is 38.5 Å². The van der Waals surface area contributed by atoms with Crippen LogP contribution in [-0.2, 0) is 4.79 Å². The minimum absolute atomic E-state index is 0.0118. The second-order valence-corrected chi connectivity index (χ2v) is 6.66. The van der Waals surface area contributed by atoms with E-state index in [1.807, 2.05) is 0 Å².